The lowest BCUT2D eigenvalue weighted by atomic mass is 10.1. The lowest BCUT2D eigenvalue weighted by Gasteiger charge is -2.17. The SMILES string of the molecule is c1ccc(C[C@H](Sc2ccccc2)n2nnc3ccccc32)cc1. The van der Waals surface area contributed by atoms with Crippen LogP contribution in [0.25, 0.3) is 11.0 Å². The van der Waals surface area contributed by atoms with Crippen molar-refractivity contribution in [3.63, 3.8) is 0 Å². The molecule has 0 bridgehead atoms. The van der Waals surface area contributed by atoms with Gasteiger partial charge in [-0.25, -0.2) is 4.68 Å². The van der Waals surface area contributed by atoms with Gasteiger partial charge >= 0.3 is 0 Å². The van der Waals surface area contributed by atoms with Crippen LogP contribution in [0.2, 0.25) is 0 Å². The monoisotopic (exact) mass is 331 g/mol. The molecule has 0 aliphatic rings. The minimum Gasteiger partial charge on any atom is -0.231 e. The predicted molar refractivity (Wildman–Crippen MR) is 99.0 cm³/mol. The maximum absolute atomic E-state index is 4.43. The lowest BCUT2D eigenvalue weighted by molar-refractivity contribution is 0.590. The van der Waals surface area contributed by atoms with E-state index in [2.05, 4.69) is 64.9 Å². The number of fused-ring (bicyclic) bond motifs is 1. The van der Waals surface area contributed by atoms with Gasteiger partial charge in [-0.2, -0.15) is 0 Å². The number of hydrogen-bond donors (Lipinski definition) is 0. The van der Waals surface area contributed by atoms with Crippen molar-refractivity contribution in [3.8, 4) is 0 Å². The summed E-state index contributed by atoms with van der Waals surface area (Å²) in [7, 11) is 0. The Hall–Kier alpha value is -2.59. The molecule has 1 aromatic heterocycles. The molecule has 0 fully saturated rings. The molecule has 0 N–H and O–H groups in total. The van der Waals surface area contributed by atoms with Crippen LogP contribution >= 0.6 is 11.8 Å². The third kappa shape index (κ3) is 3.19. The standard InChI is InChI=1S/C20H17N3S/c1-3-9-16(10-4-1)15-20(24-17-11-5-2-6-12-17)23-19-14-8-7-13-18(19)21-22-23/h1-14,20H,15H2/t20-/m0/s1. The number of aromatic nitrogens is 3. The van der Waals surface area contributed by atoms with Gasteiger partial charge in [-0.05, 0) is 29.8 Å². The quantitative estimate of drug-likeness (QED) is 0.484. The summed E-state index contributed by atoms with van der Waals surface area (Å²) in [5.41, 5.74) is 3.30. The fourth-order valence-corrected chi connectivity index (χ4v) is 3.91. The van der Waals surface area contributed by atoms with Crippen LogP contribution in [0, 0.1) is 0 Å². The van der Waals surface area contributed by atoms with E-state index in [1.54, 1.807) is 0 Å². The molecular formula is C20H17N3S. The molecule has 0 amide bonds. The smallest absolute Gasteiger partial charge is 0.113 e. The largest absolute Gasteiger partial charge is 0.231 e. The summed E-state index contributed by atoms with van der Waals surface area (Å²) >= 11 is 1.82. The summed E-state index contributed by atoms with van der Waals surface area (Å²) in [6.45, 7) is 0. The first-order valence-electron chi connectivity index (χ1n) is 7.96. The van der Waals surface area contributed by atoms with Gasteiger partial charge in [0, 0.05) is 11.3 Å². The molecule has 0 aliphatic heterocycles. The molecule has 4 aromatic rings. The molecule has 0 saturated carbocycles. The molecule has 0 saturated heterocycles. The van der Waals surface area contributed by atoms with Crippen LogP contribution in [-0.4, -0.2) is 15.0 Å². The zero-order valence-corrected chi connectivity index (χ0v) is 13.9. The number of benzene rings is 3. The van der Waals surface area contributed by atoms with Gasteiger partial charge < -0.3 is 0 Å². The molecule has 0 spiro atoms. The van der Waals surface area contributed by atoms with E-state index >= 15 is 0 Å². The van der Waals surface area contributed by atoms with Crippen LogP contribution in [0.15, 0.2) is 89.8 Å². The Morgan fingerprint density at radius 2 is 1.46 bits per heavy atom. The average Bonchev–Trinajstić information content (AvgIpc) is 3.07. The van der Waals surface area contributed by atoms with Crippen molar-refractivity contribution in [2.24, 2.45) is 0 Å². The van der Waals surface area contributed by atoms with Crippen LogP contribution in [0.4, 0.5) is 0 Å². The maximum atomic E-state index is 4.43. The van der Waals surface area contributed by atoms with Crippen molar-refractivity contribution < 1.29 is 0 Å². The topological polar surface area (TPSA) is 30.7 Å². The summed E-state index contributed by atoms with van der Waals surface area (Å²) in [5, 5.41) is 8.91. The number of nitrogens with zero attached hydrogens (tertiary/aromatic N) is 3. The highest BCUT2D eigenvalue weighted by Crippen LogP contribution is 2.34. The highest BCUT2D eigenvalue weighted by molar-refractivity contribution is 7.99. The third-order valence-corrected chi connectivity index (χ3v) is 5.10. The summed E-state index contributed by atoms with van der Waals surface area (Å²) in [4.78, 5) is 1.23. The minimum atomic E-state index is 0.155. The second-order valence-electron chi connectivity index (χ2n) is 5.60. The summed E-state index contributed by atoms with van der Waals surface area (Å²) in [6, 6.07) is 29.1. The molecule has 0 radical (unpaired) electrons. The normalized spacial score (nSPS) is 12.3. The van der Waals surface area contributed by atoms with Gasteiger partial charge in [0.2, 0.25) is 0 Å². The van der Waals surface area contributed by atoms with Gasteiger partial charge in [-0.3, -0.25) is 0 Å². The highest BCUT2D eigenvalue weighted by Gasteiger charge is 2.17. The number of rotatable bonds is 5. The molecular weight excluding hydrogens is 314 g/mol. The van der Waals surface area contributed by atoms with Crippen LogP contribution in [0.5, 0.6) is 0 Å². The number of para-hydroxylation sites is 1. The molecule has 1 atom stereocenters. The zero-order valence-electron chi connectivity index (χ0n) is 13.1. The van der Waals surface area contributed by atoms with E-state index < -0.39 is 0 Å². The first kappa shape index (κ1) is 15.0. The van der Waals surface area contributed by atoms with Crippen molar-refractivity contribution in [1.82, 2.24) is 15.0 Å². The molecule has 4 rings (SSSR count). The first-order chi connectivity index (χ1) is 11.9. The Morgan fingerprint density at radius 1 is 0.792 bits per heavy atom. The second kappa shape index (κ2) is 6.89. The fourth-order valence-electron chi connectivity index (χ4n) is 2.75. The molecule has 3 nitrogen and oxygen atoms in total. The fraction of sp³-hybridized carbons (Fsp3) is 0.100. The van der Waals surface area contributed by atoms with Crippen LogP contribution in [-0.2, 0) is 6.42 Å². The predicted octanol–water partition coefficient (Wildman–Crippen LogP) is 4.96. The Labute approximate surface area is 145 Å². The van der Waals surface area contributed by atoms with E-state index in [4.69, 9.17) is 0 Å². The van der Waals surface area contributed by atoms with Crippen molar-refractivity contribution >= 4 is 22.8 Å². The summed E-state index contributed by atoms with van der Waals surface area (Å²) in [6.07, 6.45) is 0.897. The van der Waals surface area contributed by atoms with Crippen molar-refractivity contribution in [2.75, 3.05) is 0 Å². The minimum absolute atomic E-state index is 0.155. The molecule has 0 unspecified atom stereocenters. The Bertz CT molecular complexity index is 878. The van der Waals surface area contributed by atoms with E-state index in [0.29, 0.717) is 0 Å². The van der Waals surface area contributed by atoms with Gasteiger partial charge in [0.05, 0.1) is 5.52 Å². The van der Waals surface area contributed by atoms with E-state index in [-0.39, 0.29) is 5.37 Å². The van der Waals surface area contributed by atoms with Gasteiger partial charge in [-0.15, -0.1) is 5.10 Å². The van der Waals surface area contributed by atoms with E-state index in [9.17, 15) is 0 Å². The lowest BCUT2D eigenvalue weighted by Crippen LogP contribution is -2.10. The summed E-state index contributed by atoms with van der Waals surface area (Å²) in [5.74, 6) is 0. The maximum Gasteiger partial charge on any atom is 0.113 e. The van der Waals surface area contributed by atoms with E-state index in [1.807, 2.05) is 46.8 Å². The van der Waals surface area contributed by atoms with Gasteiger partial charge in [0.15, 0.2) is 0 Å². The molecule has 1 heterocycles. The van der Waals surface area contributed by atoms with E-state index in [1.165, 1.54) is 10.5 Å². The van der Waals surface area contributed by atoms with Gasteiger partial charge in [0.1, 0.15) is 10.9 Å². The Balaban J connectivity index is 1.72. The Morgan fingerprint density at radius 3 is 2.25 bits per heavy atom. The number of hydrogen-bond acceptors (Lipinski definition) is 3. The molecule has 3 aromatic carbocycles. The molecule has 118 valence electrons. The van der Waals surface area contributed by atoms with Crippen LogP contribution in [0.1, 0.15) is 10.9 Å². The van der Waals surface area contributed by atoms with Crippen molar-refractivity contribution in [2.45, 2.75) is 16.7 Å². The first-order valence-corrected chi connectivity index (χ1v) is 8.84. The summed E-state index contributed by atoms with van der Waals surface area (Å²) < 4.78 is 2.04. The Kier molecular flexibility index (Phi) is 4.30. The van der Waals surface area contributed by atoms with Crippen LogP contribution in [0.3, 0.4) is 0 Å². The second-order valence-corrected chi connectivity index (χ2v) is 6.85. The van der Waals surface area contributed by atoms with Gasteiger partial charge in [0.25, 0.3) is 0 Å². The average molecular weight is 331 g/mol. The highest BCUT2D eigenvalue weighted by atomic mass is 32.2. The molecule has 24 heavy (non-hydrogen) atoms. The van der Waals surface area contributed by atoms with Crippen LogP contribution < -0.4 is 0 Å². The van der Waals surface area contributed by atoms with Crippen molar-refractivity contribution in [3.05, 3.63) is 90.5 Å². The third-order valence-electron chi connectivity index (χ3n) is 3.92. The molecule has 4 heteroatoms. The van der Waals surface area contributed by atoms with Gasteiger partial charge in [-0.1, -0.05) is 77.6 Å². The molecule has 0 aliphatic carbocycles. The van der Waals surface area contributed by atoms with Crippen molar-refractivity contribution in [1.29, 1.82) is 0 Å². The zero-order chi connectivity index (χ0) is 16.2. The van der Waals surface area contributed by atoms with E-state index in [0.717, 1.165) is 17.5 Å². The number of thioether (sulfide) groups is 1.